The summed E-state index contributed by atoms with van der Waals surface area (Å²) in [5.41, 5.74) is 1.31. The van der Waals surface area contributed by atoms with Crippen LogP contribution in [-0.4, -0.2) is 69.0 Å². The van der Waals surface area contributed by atoms with Crippen LogP contribution in [-0.2, 0) is 22.2 Å². The van der Waals surface area contributed by atoms with Gasteiger partial charge in [0.1, 0.15) is 17.9 Å². The molecular formula is C37H46N2O8Si. The van der Waals surface area contributed by atoms with E-state index in [2.05, 4.69) is 25.9 Å². The highest BCUT2D eigenvalue weighted by Crippen LogP contribution is 2.59. The lowest BCUT2D eigenvalue weighted by molar-refractivity contribution is -0.140. The Balaban J connectivity index is 1.58. The molecule has 1 aromatic heterocycles. The molecule has 0 bridgehead atoms. The molecule has 0 radical (unpaired) electrons. The maximum absolute atomic E-state index is 15.4. The number of nitrogens with zero attached hydrogens (tertiary/aromatic N) is 2. The second-order valence-corrected chi connectivity index (χ2v) is 19.7. The molecule has 0 amide bonds. The second-order valence-electron chi connectivity index (χ2n) is 15.0. The zero-order valence-electron chi connectivity index (χ0n) is 29.5. The number of Topliss-reactive ketones (excluding diaryl/α,β-unsaturated/α-hetero) is 2. The molecule has 11 heteroatoms. The van der Waals surface area contributed by atoms with Gasteiger partial charge in [-0.3, -0.25) is 14.5 Å². The number of aryl methyl sites for hydroxylation is 1. The molecular weight excluding hydrogens is 628 g/mol. The van der Waals surface area contributed by atoms with Crippen molar-refractivity contribution in [1.29, 1.82) is 0 Å². The number of ketones is 2. The van der Waals surface area contributed by atoms with Gasteiger partial charge in [0.25, 0.3) is 5.88 Å². The molecule has 3 aromatic rings. The fourth-order valence-electron chi connectivity index (χ4n) is 7.58. The van der Waals surface area contributed by atoms with E-state index in [1.165, 1.54) is 0 Å². The zero-order chi connectivity index (χ0) is 34.9. The molecule has 3 aliphatic carbocycles. The van der Waals surface area contributed by atoms with Crippen LogP contribution >= 0.6 is 0 Å². The number of fused-ring (bicyclic) bond motifs is 4. The van der Waals surface area contributed by atoms with Crippen molar-refractivity contribution < 1.29 is 37.9 Å². The summed E-state index contributed by atoms with van der Waals surface area (Å²) >= 11 is 0. The minimum atomic E-state index is -2.83. The first kappa shape index (κ1) is 33.9. The molecule has 3 aliphatic rings. The molecule has 1 saturated carbocycles. The van der Waals surface area contributed by atoms with Crippen LogP contribution in [0.1, 0.15) is 71.6 Å². The minimum Gasteiger partial charge on any atom is -0.507 e. The Labute approximate surface area is 283 Å². The summed E-state index contributed by atoms with van der Waals surface area (Å²) in [5.74, 6) is -0.808. The Morgan fingerprint density at radius 3 is 2.35 bits per heavy atom. The average molecular weight is 675 g/mol. The van der Waals surface area contributed by atoms with E-state index in [-0.39, 0.29) is 34.4 Å². The van der Waals surface area contributed by atoms with Crippen LogP contribution in [0.5, 0.6) is 17.4 Å². The van der Waals surface area contributed by atoms with Gasteiger partial charge in [-0.2, -0.15) is 0 Å². The van der Waals surface area contributed by atoms with Gasteiger partial charge in [-0.25, -0.2) is 0 Å². The third-order valence-electron chi connectivity index (χ3n) is 10.9. The van der Waals surface area contributed by atoms with Crippen molar-refractivity contribution in [1.82, 2.24) is 10.1 Å². The van der Waals surface area contributed by atoms with Crippen molar-refractivity contribution in [2.45, 2.75) is 76.9 Å². The van der Waals surface area contributed by atoms with Crippen LogP contribution in [0.25, 0.3) is 5.76 Å². The number of hydrogen-bond donors (Lipinski definition) is 1. The molecule has 4 atom stereocenters. The standard InChI is InChI=1S/C37H46N2O8Si/c1-20-16-25(43-7)31(44-8)23-17-22-18-24-29(39(5)6)32-28(35(38-46-32)45-19-21-14-12-11-13-15-21)34(42)37(24,47-48(9,10)36(2,3)4)33(41)27(22)30(40)26(20)23/h11-16,22,24,29,40H,17-19H2,1-10H3/t22-,24-,29-,37-/m0/s1. The van der Waals surface area contributed by atoms with Gasteiger partial charge in [-0.1, -0.05) is 51.1 Å². The topological polar surface area (TPSA) is 121 Å². The van der Waals surface area contributed by atoms with E-state index in [4.69, 9.17) is 23.2 Å². The van der Waals surface area contributed by atoms with Gasteiger partial charge in [0, 0.05) is 22.6 Å². The van der Waals surface area contributed by atoms with Crippen molar-refractivity contribution >= 4 is 25.6 Å². The number of aliphatic hydroxyl groups excluding tert-OH is 1. The number of benzene rings is 2. The largest absolute Gasteiger partial charge is 0.507 e. The summed E-state index contributed by atoms with van der Waals surface area (Å²) in [6.45, 7) is 12.3. The van der Waals surface area contributed by atoms with Gasteiger partial charge >= 0.3 is 0 Å². The summed E-state index contributed by atoms with van der Waals surface area (Å²) in [4.78, 5) is 32.6. The molecule has 0 unspecified atom stereocenters. The minimum absolute atomic E-state index is 0.0251. The highest BCUT2D eigenvalue weighted by Gasteiger charge is 2.69. The number of carbonyl (C=O) groups excluding carboxylic acids is 2. The van der Waals surface area contributed by atoms with E-state index in [0.717, 1.165) is 16.7 Å². The predicted octanol–water partition coefficient (Wildman–Crippen LogP) is 6.87. The first-order chi connectivity index (χ1) is 22.6. The van der Waals surface area contributed by atoms with Gasteiger partial charge < -0.3 is 28.3 Å². The normalized spacial score (nSPS) is 23.8. The Hall–Kier alpha value is -3.93. The van der Waals surface area contributed by atoms with Crippen LogP contribution in [0, 0.1) is 18.8 Å². The molecule has 10 nitrogen and oxygen atoms in total. The third kappa shape index (κ3) is 5.00. The molecule has 0 saturated heterocycles. The number of rotatable bonds is 8. The first-order valence-corrected chi connectivity index (χ1v) is 19.3. The zero-order valence-corrected chi connectivity index (χ0v) is 30.5. The lowest BCUT2D eigenvalue weighted by Gasteiger charge is -2.55. The van der Waals surface area contributed by atoms with Gasteiger partial charge in [-0.05, 0) is 80.3 Å². The Morgan fingerprint density at radius 1 is 1.06 bits per heavy atom. The maximum Gasteiger partial charge on any atom is 0.265 e. The average Bonchev–Trinajstić information content (AvgIpc) is 3.44. The van der Waals surface area contributed by atoms with E-state index >= 15 is 9.59 Å². The summed E-state index contributed by atoms with van der Waals surface area (Å²) < 4.78 is 30.7. The highest BCUT2D eigenvalue weighted by atomic mass is 28.4. The van der Waals surface area contributed by atoms with E-state index in [0.29, 0.717) is 35.7 Å². The summed E-state index contributed by atoms with van der Waals surface area (Å²) in [6.07, 6.45) is 0.783. The molecule has 256 valence electrons. The molecule has 2 aromatic carbocycles. The quantitative estimate of drug-likeness (QED) is 0.200. The Morgan fingerprint density at radius 2 is 1.75 bits per heavy atom. The van der Waals surface area contributed by atoms with Crippen LogP contribution in [0.3, 0.4) is 0 Å². The predicted molar refractivity (Wildman–Crippen MR) is 183 cm³/mol. The van der Waals surface area contributed by atoms with Gasteiger partial charge in [0.05, 0.1) is 20.3 Å². The molecule has 6 rings (SSSR count). The van der Waals surface area contributed by atoms with Crippen molar-refractivity contribution in [3.05, 3.63) is 75.5 Å². The number of ether oxygens (including phenoxy) is 3. The highest BCUT2D eigenvalue weighted by molar-refractivity contribution is 6.74. The van der Waals surface area contributed by atoms with Gasteiger partial charge in [0.2, 0.25) is 11.6 Å². The van der Waals surface area contributed by atoms with Crippen LogP contribution in [0.2, 0.25) is 18.1 Å². The fourth-order valence-corrected chi connectivity index (χ4v) is 9.03. The number of aromatic nitrogens is 1. The molecule has 1 heterocycles. The molecule has 1 fully saturated rings. The first-order valence-electron chi connectivity index (χ1n) is 16.4. The summed E-state index contributed by atoms with van der Waals surface area (Å²) in [7, 11) is 4.11. The van der Waals surface area contributed by atoms with Crippen molar-refractivity contribution in [3.63, 3.8) is 0 Å². The SMILES string of the molecule is COc1cc(C)c2c(c1OC)C[C@H]1C[C@H]3[C@H](N(C)C)c4onc(OCc5ccccc5)c4C(=O)[C@@]3(O[Si](C)(C)C(C)(C)C)C(=O)C1=C2O. The van der Waals surface area contributed by atoms with E-state index in [9.17, 15) is 5.11 Å². The van der Waals surface area contributed by atoms with Gasteiger partial charge in [0.15, 0.2) is 31.2 Å². The lowest BCUT2D eigenvalue weighted by Crippen LogP contribution is -2.68. The smallest absolute Gasteiger partial charge is 0.265 e. The number of aliphatic hydroxyl groups is 1. The van der Waals surface area contributed by atoms with Crippen LogP contribution in [0.15, 0.2) is 46.5 Å². The summed E-state index contributed by atoms with van der Waals surface area (Å²) in [5, 5.41) is 16.0. The summed E-state index contributed by atoms with van der Waals surface area (Å²) in [6, 6.07) is 10.8. The van der Waals surface area contributed by atoms with Crippen molar-refractivity contribution in [2.75, 3.05) is 28.3 Å². The Bertz CT molecular complexity index is 1810. The Kier molecular flexibility index (Phi) is 8.41. The van der Waals surface area contributed by atoms with Crippen LogP contribution < -0.4 is 14.2 Å². The number of methoxy groups -OCH3 is 2. The number of hydrogen-bond acceptors (Lipinski definition) is 10. The molecule has 48 heavy (non-hydrogen) atoms. The van der Waals surface area contributed by atoms with Crippen molar-refractivity contribution in [2.24, 2.45) is 11.8 Å². The van der Waals surface area contributed by atoms with E-state index < -0.39 is 43.4 Å². The second kappa shape index (κ2) is 11.9. The van der Waals surface area contributed by atoms with Crippen molar-refractivity contribution in [3.8, 4) is 17.4 Å². The fraction of sp³-hybridized carbons (Fsp3) is 0.486. The number of carbonyl (C=O) groups is 2. The molecule has 1 N–H and O–H groups in total. The van der Waals surface area contributed by atoms with E-state index in [1.807, 2.05) is 69.3 Å². The molecule has 0 aliphatic heterocycles. The molecule has 0 spiro atoms. The van der Waals surface area contributed by atoms with Crippen LogP contribution in [0.4, 0.5) is 0 Å². The third-order valence-corrected chi connectivity index (χ3v) is 15.3. The van der Waals surface area contributed by atoms with E-state index in [1.54, 1.807) is 20.3 Å². The lowest BCUT2D eigenvalue weighted by atomic mass is 9.57. The maximum atomic E-state index is 15.4. The monoisotopic (exact) mass is 674 g/mol. The van der Waals surface area contributed by atoms with Gasteiger partial charge in [-0.15, -0.1) is 0 Å².